The molecular formula is C20H30N2O5. The van der Waals surface area contributed by atoms with Crippen molar-refractivity contribution in [2.75, 3.05) is 41.1 Å². The zero-order valence-electron chi connectivity index (χ0n) is 16.5. The average molecular weight is 378 g/mol. The normalized spacial score (nSPS) is 22.4. The molecule has 0 radical (unpaired) electrons. The topological polar surface area (TPSA) is 83.2 Å². The molecule has 1 atom stereocenters. The number of amides is 1. The van der Waals surface area contributed by atoms with Crippen LogP contribution in [0.15, 0.2) is 12.1 Å². The molecule has 1 unspecified atom stereocenters. The summed E-state index contributed by atoms with van der Waals surface area (Å²) in [5.74, 6) is 1.54. The monoisotopic (exact) mass is 378 g/mol. The Hall–Kier alpha value is -1.99. The summed E-state index contributed by atoms with van der Waals surface area (Å²) in [4.78, 5) is 14.7. The Labute approximate surface area is 160 Å². The van der Waals surface area contributed by atoms with Crippen LogP contribution in [0.5, 0.6) is 17.2 Å². The van der Waals surface area contributed by atoms with Crippen molar-refractivity contribution in [2.45, 2.75) is 38.3 Å². The second kappa shape index (κ2) is 8.35. The highest BCUT2D eigenvalue weighted by Crippen LogP contribution is 2.45. The van der Waals surface area contributed by atoms with Crippen molar-refractivity contribution in [3.63, 3.8) is 0 Å². The van der Waals surface area contributed by atoms with E-state index >= 15 is 0 Å². The molecule has 1 aromatic rings. The molecule has 7 nitrogen and oxygen atoms in total. The van der Waals surface area contributed by atoms with E-state index in [1.54, 1.807) is 21.3 Å². The maximum absolute atomic E-state index is 12.4. The number of hydrogen-bond acceptors (Lipinski definition) is 6. The van der Waals surface area contributed by atoms with E-state index in [0.717, 1.165) is 37.8 Å². The molecule has 2 aliphatic rings. The van der Waals surface area contributed by atoms with Gasteiger partial charge in [0.15, 0.2) is 11.5 Å². The number of hydrogen-bond donors (Lipinski definition) is 1. The Bertz CT molecular complexity index is 642. The van der Waals surface area contributed by atoms with Gasteiger partial charge in [0.2, 0.25) is 11.7 Å². The molecular weight excluding hydrogens is 348 g/mol. The van der Waals surface area contributed by atoms with E-state index < -0.39 is 0 Å². The zero-order valence-corrected chi connectivity index (χ0v) is 16.5. The fraction of sp³-hybridized carbons (Fsp3) is 0.650. The summed E-state index contributed by atoms with van der Waals surface area (Å²) in [6.45, 7) is 2.84. The fourth-order valence-electron chi connectivity index (χ4n) is 4.70. The maximum Gasteiger partial charge on any atom is 0.235 e. The van der Waals surface area contributed by atoms with Crippen LogP contribution in [0.4, 0.5) is 0 Å². The molecule has 3 rings (SSSR count). The minimum Gasteiger partial charge on any atom is -0.493 e. The molecule has 0 saturated carbocycles. The molecule has 1 spiro atoms. The third-order valence-corrected chi connectivity index (χ3v) is 5.93. The van der Waals surface area contributed by atoms with Gasteiger partial charge in [-0.05, 0) is 55.3 Å². The molecule has 0 aromatic heterocycles. The first-order chi connectivity index (χ1) is 13.0. The minimum atomic E-state index is -0.283. The van der Waals surface area contributed by atoms with Crippen molar-refractivity contribution in [3.8, 4) is 17.2 Å². The van der Waals surface area contributed by atoms with Crippen molar-refractivity contribution in [3.05, 3.63) is 17.7 Å². The maximum atomic E-state index is 12.4. The summed E-state index contributed by atoms with van der Waals surface area (Å²) in [5.41, 5.74) is 6.80. The quantitative estimate of drug-likeness (QED) is 0.815. The molecule has 2 saturated heterocycles. The third kappa shape index (κ3) is 3.84. The molecule has 27 heavy (non-hydrogen) atoms. The smallest absolute Gasteiger partial charge is 0.235 e. The van der Waals surface area contributed by atoms with Gasteiger partial charge in [0.05, 0.1) is 27.4 Å². The largest absolute Gasteiger partial charge is 0.493 e. The summed E-state index contributed by atoms with van der Waals surface area (Å²) < 4.78 is 21.9. The third-order valence-electron chi connectivity index (χ3n) is 5.93. The number of ether oxygens (including phenoxy) is 4. The van der Waals surface area contributed by atoms with Gasteiger partial charge in [0.1, 0.15) is 0 Å². The number of nitrogens with zero attached hydrogens (tertiary/aromatic N) is 1. The molecule has 0 aliphatic carbocycles. The van der Waals surface area contributed by atoms with Crippen LogP contribution in [-0.2, 0) is 16.1 Å². The van der Waals surface area contributed by atoms with Gasteiger partial charge in [0, 0.05) is 19.8 Å². The van der Waals surface area contributed by atoms with Crippen molar-refractivity contribution in [1.82, 2.24) is 4.90 Å². The number of carbonyl (C=O) groups is 1. The SMILES string of the molecule is COc1cc(CN2CCCC3(CCOCC3)C2C(N)=O)cc(OC)c1OC. The predicted molar refractivity (Wildman–Crippen MR) is 101 cm³/mol. The molecule has 1 aromatic carbocycles. The van der Waals surface area contributed by atoms with Crippen LogP contribution in [0.2, 0.25) is 0 Å². The molecule has 0 bridgehead atoms. The lowest BCUT2D eigenvalue weighted by molar-refractivity contribution is -0.138. The molecule has 7 heteroatoms. The highest BCUT2D eigenvalue weighted by atomic mass is 16.5. The summed E-state index contributed by atoms with van der Waals surface area (Å²) in [6, 6.07) is 3.59. The molecule has 2 heterocycles. The summed E-state index contributed by atoms with van der Waals surface area (Å²) in [5, 5.41) is 0. The number of methoxy groups -OCH3 is 3. The van der Waals surface area contributed by atoms with Crippen molar-refractivity contribution in [2.24, 2.45) is 11.1 Å². The van der Waals surface area contributed by atoms with Gasteiger partial charge in [0.25, 0.3) is 0 Å². The minimum absolute atomic E-state index is 0.0804. The van der Waals surface area contributed by atoms with Gasteiger partial charge in [-0.3, -0.25) is 9.69 Å². The van der Waals surface area contributed by atoms with Crippen LogP contribution in [0.1, 0.15) is 31.2 Å². The first-order valence-corrected chi connectivity index (χ1v) is 9.44. The van der Waals surface area contributed by atoms with Gasteiger partial charge in [-0.15, -0.1) is 0 Å². The number of primary amides is 1. The number of likely N-dealkylation sites (tertiary alicyclic amines) is 1. The number of benzene rings is 1. The van der Waals surface area contributed by atoms with E-state index in [-0.39, 0.29) is 17.4 Å². The summed E-state index contributed by atoms with van der Waals surface area (Å²) in [6.07, 6.45) is 3.84. The second-order valence-corrected chi connectivity index (χ2v) is 7.39. The molecule has 1 amide bonds. The van der Waals surface area contributed by atoms with Gasteiger partial charge in [-0.1, -0.05) is 0 Å². The van der Waals surface area contributed by atoms with Crippen LogP contribution in [-0.4, -0.2) is 57.9 Å². The van der Waals surface area contributed by atoms with Crippen LogP contribution >= 0.6 is 0 Å². The lowest BCUT2D eigenvalue weighted by atomic mass is 9.67. The van der Waals surface area contributed by atoms with Gasteiger partial charge in [-0.2, -0.15) is 0 Å². The highest BCUT2D eigenvalue weighted by molar-refractivity contribution is 5.81. The number of piperidine rings is 1. The standard InChI is InChI=1S/C20H30N2O5/c1-24-15-11-14(12-16(25-2)17(15)26-3)13-22-8-4-5-20(18(22)19(21)23)6-9-27-10-7-20/h11-12,18H,4-10,13H2,1-3H3,(H2,21,23). The Morgan fingerprint density at radius 1 is 1.15 bits per heavy atom. The van der Waals surface area contributed by atoms with Gasteiger partial charge < -0.3 is 24.7 Å². The van der Waals surface area contributed by atoms with E-state index in [4.69, 9.17) is 24.7 Å². The van der Waals surface area contributed by atoms with Crippen molar-refractivity contribution < 1.29 is 23.7 Å². The molecule has 2 N–H and O–H groups in total. The van der Waals surface area contributed by atoms with E-state index in [2.05, 4.69) is 4.90 Å². The molecule has 2 fully saturated rings. The van der Waals surface area contributed by atoms with E-state index in [1.807, 2.05) is 12.1 Å². The lowest BCUT2D eigenvalue weighted by Gasteiger charge is -2.50. The summed E-state index contributed by atoms with van der Waals surface area (Å²) >= 11 is 0. The predicted octanol–water partition coefficient (Wildman–Crippen LogP) is 1.96. The average Bonchev–Trinajstić information content (AvgIpc) is 2.67. The van der Waals surface area contributed by atoms with Gasteiger partial charge >= 0.3 is 0 Å². The van der Waals surface area contributed by atoms with E-state index in [1.165, 1.54) is 0 Å². The number of rotatable bonds is 6. The Kier molecular flexibility index (Phi) is 6.11. The first kappa shape index (κ1) is 19.8. The van der Waals surface area contributed by atoms with Crippen LogP contribution in [0.3, 0.4) is 0 Å². The Morgan fingerprint density at radius 2 is 1.78 bits per heavy atom. The highest BCUT2D eigenvalue weighted by Gasteiger charge is 2.48. The summed E-state index contributed by atoms with van der Waals surface area (Å²) in [7, 11) is 4.79. The zero-order chi connectivity index (χ0) is 19.4. The second-order valence-electron chi connectivity index (χ2n) is 7.39. The first-order valence-electron chi connectivity index (χ1n) is 9.44. The van der Waals surface area contributed by atoms with Crippen molar-refractivity contribution in [1.29, 1.82) is 0 Å². The number of nitrogens with two attached hydrogens (primary N) is 1. The number of carbonyl (C=O) groups excluding carboxylic acids is 1. The Morgan fingerprint density at radius 3 is 2.30 bits per heavy atom. The fourth-order valence-corrected chi connectivity index (χ4v) is 4.70. The van der Waals surface area contributed by atoms with Crippen molar-refractivity contribution >= 4 is 5.91 Å². The van der Waals surface area contributed by atoms with E-state index in [9.17, 15) is 4.79 Å². The van der Waals surface area contributed by atoms with Gasteiger partial charge in [-0.25, -0.2) is 0 Å². The van der Waals surface area contributed by atoms with E-state index in [0.29, 0.717) is 37.0 Å². The molecule has 2 aliphatic heterocycles. The van der Waals surface area contributed by atoms with Crippen LogP contribution in [0.25, 0.3) is 0 Å². The van der Waals surface area contributed by atoms with Crippen LogP contribution in [0, 0.1) is 5.41 Å². The lowest BCUT2D eigenvalue weighted by Crippen LogP contribution is -2.59. The van der Waals surface area contributed by atoms with Crippen LogP contribution < -0.4 is 19.9 Å². The Balaban J connectivity index is 1.90. The molecule has 150 valence electrons.